The topological polar surface area (TPSA) is 223 Å². The van der Waals surface area contributed by atoms with Gasteiger partial charge in [-0.15, -0.1) is 0 Å². The summed E-state index contributed by atoms with van der Waals surface area (Å²) < 4.78 is 0. The van der Waals surface area contributed by atoms with Crippen LogP contribution in [-0.2, 0) is 19.2 Å². The number of aliphatic carboxylic acids is 2. The van der Waals surface area contributed by atoms with Crippen LogP contribution < -0.4 is 27.8 Å². The molecule has 12 nitrogen and oxygen atoms in total. The Kier molecular flexibility index (Phi) is 13.2. The van der Waals surface area contributed by atoms with Crippen LogP contribution in [0.5, 0.6) is 0 Å². The van der Waals surface area contributed by atoms with Crippen molar-refractivity contribution in [3.05, 3.63) is 0 Å². The Bertz CT molecular complexity index is 598. The van der Waals surface area contributed by atoms with Crippen LogP contribution in [0.15, 0.2) is 4.99 Å². The van der Waals surface area contributed by atoms with Gasteiger partial charge in [0.25, 0.3) is 0 Å². The quantitative estimate of drug-likeness (QED) is 0.0855. The number of carboxylic acid groups (broad SMARTS) is 2. The van der Waals surface area contributed by atoms with Gasteiger partial charge in [0.1, 0.15) is 12.1 Å². The first kappa shape index (κ1) is 26.5. The van der Waals surface area contributed by atoms with Crippen molar-refractivity contribution in [3.63, 3.8) is 0 Å². The minimum Gasteiger partial charge on any atom is -0.481 e. The van der Waals surface area contributed by atoms with Gasteiger partial charge in [-0.05, 0) is 37.7 Å². The molecule has 0 bridgehead atoms. The average molecular weight is 435 g/mol. The molecule has 0 aromatic heterocycles. The lowest BCUT2D eigenvalue weighted by Gasteiger charge is -2.22. The van der Waals surface area contributed by atoms with Gasteiger partial charge in [-0.2, -0.15) is 11.8 Å². The van der Waals surface area contributed by atoms with Crippen molar-refractivity contribution in [2.75, 3.05) is 18.6 Å². The van der Waals surface area contributed by atoms with Crippen molar-refractivity contribution in [2.24, 2.45) is 22.2 Å². The number of carbonyl (C=O) groups excluding carboxylic acids is 2. The Morgan fingerprint density at radius 1 is 1.00 bits per heavy atom. The second-order valence-electron chi connectivity index (χ2n) is 6.23. The fourth-order valence-electron chi connectivity index (χ4n) is 2.23. The molecule has 0 aromatic carbocycles. The second kappa shape index (κ2) is 14.5. The molecule has 0 aromatic rings. The van der Waals surface area contributed by atoms with E-state index in [0.29, 0.717) is 12.2 Å². The Labute approximate surface area is 173 Å². The number of carboxylic acids is 2. The van der Waals surface area contributed by atoms with E-state index in [1.54, 1.807) is 0 Å². The number of thioether (sulfide) groups is 1. The smallest absolute Gasteiger partial charge is 0.326 e. The van der Waals surface area contributed by atoms with Crippen molar-refractivity contribution >= 4 is 41.5 Å². The zero-order valence-corrected chi connectivity index (χ0v) is 17.1. The second-order valence-corrected chi connectivity index (χ2v) is 7.22. The van der Waals surface area contributed by atoms with E-state index in [1.165, 1.54) is 11.8 Å². The molecule has 3 unspecified atom stereocenters. The molecule has 29 heavy (non-hydrogen) atoms. The third kappa shape index (κ3) is 12.5. The van der Waals surface area contributed by atoms with Gasteiger partial charge in [-0.3, -0.25) is 19.4 Å². The van der Waals surface area contributed by atoms with Crippen LogP contribution in [0.4, 0.5) is 0 Å². The monoisotopic (exact) mass is 434 g/mol. The van der Waals surface area contributed by atoms with Gasteiger partial charge in [0.2, 0.25) is 11.8 Å². The maximum Gasteiger partial charge on any atom is 0.326 e. The van der Waals surface area contributed by atoms with E-state index in [9.17, 15) is 24.3 Å². The highest BCUT2D eigenvalue weighted by molar-refractivity contribution is 7.98. The number of carbonyl (C=O) groups is 4. The van der Waals surface area contributed by atoms with E-state index in [0.717, 1.165) is 0 Å². The summed E-state index contributed by atoms with van der Waals surface area (Å²) in [5, 5.41) is 22.9. The molecule has 0 fully saturated rings. The van der Waals surface area contributed by atoms with Crippen molar-refractivity contribution in [3.8, 4) is 0 Å². The van der Waals surface area contributed by atoms with Gasteiger partial charge in [-0.25, -0.2) is 4.79 Å². The third-order valence-corrected chi connectivity index (χ3v) is 4.45. The minimum absolute atomic E-state index is 0.0828. The summed E-state index contributed by atoms with van der Waals surface area (Å²) in [7, 11) is 0. The molecule has 2 amide bonds. The third-order valence-electron chi connectivity index (χ3n) is 3.81. The molecule has 10 N–H and O–H groups in total. The highest BCUT2D eigenvalue weighted by Crippen LogP contribution is 2.05. The number of nitrogens with two attached hydrogens (primary N) is 3. The van der Waals surface area contributed by atoms with Gasteiger partial charge >= 0.3 is 11.9 Å². The molecule has 166 valence electrons. The normalized spacial score (nSPS) is 13.6. The number of guanidine groups is 1. The van der Waals surface area contributed by atoms with Crippen molar-refractivity contribution in [1.82, 2.24) is 10.6 Å². The highest BCUT2D eigenvalue weighted by atomic mass is 32.2. The maximum atomic E-state index is 12.5. The Morgan fingerprint density at radius 3 is 2.14 bits per heavy atom. The Balaban J connectivity index is 4.92. The summed E-state index contributed by atoms with van der Waals surface area (Å²) in [4.78, 5) is 50.4. The summed E-state index contributed by atoms with van der Waals surface area (Å²) in [6.07, 6.45) is 2.13. The van der Waals surface area contributed by atoms with Gasteiger partial charge in [0.05, 0.1) is 6.04 Å². The summed E-state index contributed by atoms with van der Waals surface area (Å²) in [6, 6.07) is -3.26. The molecule has 0 aliphatic heterocycles. The molecule has 13 heteroatoms. The number of nitrogens with one attached hydrogen (secondary N) is 2. The van der Waals surface area contributed by atoms with E-state index in [-0.39, 0.29) is 38.2 Å². The SMILES string of the molecule is CSCCC(NC(=O)C(N)CCC(=O)O)C(=O)NC(CCCN=C(N)N)C(=O)O. The molecular weight excluding hydrogens is 404 g/mol. The molecule has 3 atom stereocenters. The van der Waals surface area contributed by atoms with Gasteiger partial charge < -0.3 is 38.0 Å². The van der Waals surface area contributed by atoms with Gasteiger partial charge in [-0.1, -0.05) is 0 Å². The standard InChI is InChI=1S/C16H30N6O6S/c1-29-8-6-10(21-13(25)9(17)4-5-12(23)24)14(26)22-11(15(27)28)3-2-7-20-16(18)19/h9-11H,2-8,17H2,1H3,(H,21,25)(H,22,26)(H,23,24)(H,27,28)(H4,18,19,20). The van der Waals surface area contributed by atoms with Gasteiger partial charge in [0.15, 0.2) is 5.96 Å². The van der Waals surface area contributed by atoms with Crippen LogP contribution in [0.1, 0.15) is 32.1 Å². The van der Waals surface area contributed by atoms with Crippen LogP contribution in [-0.4, -0.2) is 76.6 Å². The van der Waals surface area contributed by atoms with Crippen LogP contribution in [0.25, 0.3) is 0 Å². The lowest BCUT2D eigenvalue weighted by molar-refractivity contribution is -0.142. The van der Waals surface area contributed by atoms with E-state index < -0.39 is 41.9 Å². The number of hydrogen-bond acceptors (Lipinski definition) is 7. The summed E-state index contributed by atoms with van der Waals surface area (Å²) in [5.74, 6) is -3.23. The number of hydrogen-bond donors (Lipinski definition) is 7. The zero-order valence-electron chi connectivity index (χ0n) is 16.3. The summed E-state index contributed by atoms with van der Waals surface area (Å²) >= 11 is 1.45. The first-order valence-electron chi connectivity index (χ1n) is 8.93. The molecule has 0 aliphatic rings. The van der Waals surface area contributed by atoms with Crippen molar-refractivity contribution < 1.29 is 29.4 Å². The molecule has 0 rings (SSSR count). The fourth-order valence-corrected chi connectivity index (χ4v) is 2.70. The number of rotatable bonds is 15. The van der Waals surface area contributed by atoms with Gasteiger partial charge in [0, 0.05) is 13.0 Å². The first-order valence-corrected chi connectivity index (χ1v) is 10.3. The van der Waals surface area contributed by atoms with Crippen LogP contribution >= 0.6 is 11.8 Å². The molecular formula is C16H30N6O6S. The summed E-state index contributed by atoms with van der Waals surface area (Å²) in [6.45, 7) is 0.215. The van der Waals surface area contributed by atoms with E-state index in [1.807, 2.05) is 6.26 Å². The lowest BCUT2D eigenvalue weighted by Crippen LogP contribution is -2.54. The number of nitrogens with zero attached hydrogens (tertiary/aromatic N) is 1. The molecule has 0 aliphatic carbocycles. The van der Waals surface area contributed by atoms with Crippen LogP contribution in [0.2, 0.25) is 0 Å². The molecule has 0 saturated heterocycles. The van der Waals surface area contributed by atoms with E-state index in [2.05, 4.69) is 15.6 Å². The highest BCUT2D eigenvalue weighted by Gasteiger charge is 2.27. The predicted octanol–water partition coefficient (Wildman–Crippen LogP) is -1.96. The van der Waals surface area contributed by atoms with Crippen molar-refractivity contribution in [2.45, 2.75) is 50.2 Å². The molecule has 0 radical (unpaired) electrons. The summed E-state index contributed by atoms with van der Waals surface area (Å²) in [5.41, 5.74) is 16.1. The molecule has 0 heterocycles. The largest absolute Gasteiger partial charge is 0.481 e. The molecule has 0 spiro atoms. The van der Waals surface area contributed by atoms with Crippen LogP contribution in [0, 0.1) is 0 Å². The maximum absolute atomic E-state index is 12.5. The van der Waals surface area contributed by atoms with Crippen LogP contribution in [0.3, 0.4) is 0 Å². The molecule has 0 saturated carbocycles. The predicted molar refractivity (Wildman–Crippen MR) is 109 cm³/mol. The Hall–Kier alpha value is -2.54. The van der Waals surface area contributed by atoms with Crippen molar-refractivity contribution in [1.29, 1.82) is 0 Å². The zero-order chi connectivity index (χ0) is 22.4. The van der Waals surface area contributed by atoms with E-state index in [4.69, 9.17) is 22.3 Å². The Morgan fingerprint density at radius 2 is 1.62 bits per heavy atom. The minimum atomic E-state index is -1.23. The number of aliphatic imine (C=N–C) groups is 1. The lowest BCUT2D eigenvalue weighted by atomic mass is 10.1. The fraction of sp³-hybridized carbons (Fsp3) is 0.688. The average Bonchev–Trinajstić information content (AvgIpc) is 2.64. The number of amides is 2. The van der Waals surface area contributed by atoms with E-state index >= 15 is 0 Å². The first-order chi connectivity index (χ1) is 13.6.